The van der Waals surface area contributed by atoms with Crippen LogP contribution >= 0.6 is 0 Å². The van der Waals surface area contributed by atoms with Crippen molar-refractivity contribution in [2.24, 2.45) is 12.5 Å². The zero-order chi connectivity index (χ0) is 14.3. The molecule has 0 bridgehead atoms. The van der Waals surface area contributed by atoms with Crippen LogP contribution < -0.4 is 0 Å². The van der Waals surface area contributed by atoms with Crippen molar-refractivity contribution in [1.82, 2.24) is 14.1 Å². The van der Waals surface area contributed by atoms with Crippen LogP contribution in [0.4, 0.5) is 0 Å². The van der Waals surface area contributed by atoms with E-state index in [9.17, 15) is 18.3 Å². The summed E-state index contributed by atoms with van der Waals surface area (Å²) in [5.74, 6) is -0.933. The predicted molar refractivity (Wildman–Crippen MR) is 66.9 cm³/mol. The lowest BCUT2D eigenvalue weighted by Crippen LogP contribution is -2.37. The molecule has 2 heterocycles. The molecule has 1 aromatic rings. The first-order valence-corrected chi connectivity index (χ1v) is 7.49. The molecule has 1 saturated heterocycles. The van der Waals surface area contributed by atoms with Crippen LogP contribution in [0.15, 0.2) is 17.3 Å². The highest BCUT2D eigenvalue weighted by atomic mass is 32.2. The summed E-state index contributed by atoms with van der Waals surface area (Å²) in [6.45, 7) is 2.02. The zero-order valence-electron chi connectivity index (χ0n) is 10.9. The minimum atomic E-state index is -3.67. The van der Waals surface area contributed by atoms with Gasteiger partial charge < -0.3 is 5.11 Å². The van der Waals surface area contributed by atoms with E-state index in [0.29, 0.717) is 12.8 Å². The number of hydrogen-bond donors (Lipinski definition) is 1. The highest BCUT2D eigenvalue weighted by molar-refractivity contribution is 7.89. The fourth-order valence-electron chi connectivity index (χ4n) is 2.40. The highest BCUT2D eigenvalue weighted by Crippen LogP contribution is 2.36. The maximum absolute atomic E-state index is 12.4. The second kappa shape index (κ2) is 4.61. The van der Waals surface area contributed by atoms with Gasteiger partial charge in [0.25, 0.3) is 10.0 Å². The number of aryl methyl sites for hydroxylation is 1. The third kappa shape index (κ3) is 2.14. The van der Waals surface area contributed by atoms with Gasteiger partial charge in [-0.2, -0.15) is 9.40 Å². The first-order valence-electron chi connectivity index (χ1n) is 6.05. The Morgan fingerprint density at radius 3 is 2.68 bits per heavy atom. The molecule has 0 radical (unpaired) electrons. The SMILES string of the molecule is CCC1(C(=O)O)CCN(S(=O)(=O)c2ccnn2C)C1. The lowest BCUT2D eigenvalue weighted by molar-refractivity contribution is -0.148. The summed E-state index contributed by atoms with van der Waals surface area (Å²) in [5.41, 5.74) is -0.967. The van der Waals surface area contributed by atoms with Gasteiger partial charge in [0, 0.05) is 20.1 Å². The molecular formula is C11H17N3O4S. The van der Waals surface area contributed by atoms with Gasteiger partial charge in [-0.05, 0) is 18.9 Å². The summed E-state index contributed by atoms with van der Waals surface area (Å²) >= 11 is 0. The van der Waals surface area contributed by atoms with Crippen LogP contribution in [0.5, 0.6) is 0 Å². The summed E-state index contributed by atoms with van der Waals surface area (Å²) in [4.78, 5) is 11.3. The molecule has 1 atom stereocenters. The molecule has 19 heavy (non-hydrogen) atoms. The van der Waals surface area contributed by atoms with Gasteiger partial charge >= 0.3 is 5.97 Å². The van der Waals surface area contributed by atoms with E-state index in [-0.39, 0.29) is 18.1 Å². The van der Waals surface area contributed by atoms with E-state index in [4.69, 9.17) is 0 Å². The normalized spacial score (nSPS) is 24.7. The van der Waals surface area contributed by atoms with E-state index in [0.717, 1.165) is 0 Å². The molecule has 0 amide bonds. The van der Waals surface area contributed by atoms with Gasteiger partial charge in [-0.25, -0.2) is 8.42 Å². The van der Waals surface area contributed by atoms with Crippen LogP contribution in [0, 0.1) is 5.41 Å². The van der Waals surface area contributed by atoms with Crippen LogP contribution in [-0.2, 0) is 21.9 Å². The van der Waals surface area contributed by atoms with Crippen molar-refractivity contribution >= 4 is 16.0 Å². The molecule has 1 N–H and O–H groups in total. The molecule has 0 aromatic carbocycles. The van der Waals surface area contributed by atoms with Crippen molar-refractivity contribution in [1.29, 1.82) is 0 Å². The topological polar surface area (TPSA) is 92.5 Å². The number of hydrogen-bond acceptors (Lipinski definition) is 4. The minimum Gasteiger partial charge on any atom is -0.481 e. The first-order chi connectivity index (χ1) is 8.83. The summed E-state index contributed by atoms with van der Waals surface area (Å²) in [5, 5.41) is 13.2. The summed E-state index contributed by atoms with van der Waals surface area (Å²) in [7, 11) is -2.12. The molecule has 8 heteroatoms. The minimum absolute atomic E-state index is 0.0202. The summed E-state index contributed by atoms with van der Waals surface area (Å²) < 4.78 is 27.3. The van der Waals surface area contributed by atoms with Crippen LogP contribution in [0.3, 0.4) is 0 Å². The summed E-state index contributed by atoms with van der Waals surface area (Å²) in [6, 6.07) is 1.42. The van der Waals surface area contributed by atoms with Crippen molar-refractivity contribution < 1.29 is 18.3 Å². The van der Waals surface area contributed by atoms with E-state index in [1.54, 1.807) is 14.0 Å². The zero-order valence-corrected chi connectivity index (χ0v) is 11.7. The third-order valence-corrected chi connectivity index (χ3v) is 5.75. The molecule has 1 fully saturated rings. The fraction of sp³-hybridized carbons (Fsp3) is 0.636. The number of carboxylic acids is 1. The van der Waals surface area contributed by atoms with Crippen molar-refractivity contribution in [2.45, 2.75) is 24.8 Å². The molecule has 1 aliphatic heterocycles. The summed E-state index contributed by atoms with van der Waals surface area (Å²) in [6.07, 6.45) is 2.17. The average Bonchev–Trinajstić information content (AvgIpc) is 2.95. The van der Waals surface area contributed by atoms with Crippen molar-refractivity contribution in [3.05, 3.63) is 12.3 Å². The van der Waals surface area contributed by atoms with Gasteiger partial charge in [0.1, 0.15) is 0 Å². The second-order valence-corrected chi connectivity index (χ2v) is 6.71. The van der Waals surface area contributed by atoms with Crippen molar-refractivity contribution in [2.75, 3.05) is 13.1 Å². The van der Waals surface area contributed by atoms with E-state index < -0.39 is 21.4 Å². The Morgan fingerprint density at radius 2 is 2.26 bits per heavy atom. The smallest absolute Gasteiger partial charge is 0.311 e. The molecule has 1 aliphatic rings. The fourth-order valence-corrected chi connectivity index (χ4v) is 4.03. The number of rotatable bonds is 4. The monoisotopic (exact) mass is 287 g/mol. The second-order valence-electron chi connectivity index (χ2n) is 4.82. The largest absolute Gasteiger partial charge is 0.481 e. The van der Waals surface area contributed by atoms with Crippen LogP contribution in [0.1, 0.15) is 19.8 Å². The van der Waals surface area contributed by atoms with Crippen molar-refractivity contribution in [3.63, 3.8) is 0 Å². The standard InChI is InChI=1S/C11H17N3O4S/c1-3-11(10(15)16)5-7-14(8-11)19(17,18)9-4-6-12-13(9)2/h4,6H,3,5,7-8H2,1-2H3,(H,15,16). The average molecular weight is 287 g/mol. The lowest BCUT2D eigenvalue weighted by atomic mass is 9.85. The molecule has 0 spiro atoms. The van der Waals surface area contributed by atoms with Crippen LogP contribution in [0.25, 0.3) is 0 Å². The molecular weight excluding hydrogens is 270 g/mol. The van der Waals surface area contributed by atoms with Gasteiger partial charge in [-0.3, -0.25) is 9.48 Å². The number of carboxylic acid groups (broad SMARTS) is 1. The molecule has 2 rings (SSSR count). The Kier molecular flexibility index (Phi) is 3.40. The Bertz CT molecular complexity index is 595. The van der Waals surface area contributed by atoms with E-state index >= 15 is 0 Å². The Morgan fingerprint density at radius 1 is 1.58 bits per heavy atom. The molecule has 0 saturated carbocycles. The Hall–Kier alpha value is -1.41. The van der Waals surface area contributed by atoms with Gasteiger partial charge in [0.15, 0.2) is 5.03 Å². The lowest BCUT2D eigenvalue weighted by Gasteiger charge is -2.22. The maximum atomic E-state index is 12.4. The van der Waals surface area contributed by atoms with Gasteiger partial charge in [0.2, 0.25) is 0 Å². The van der Waals surface area contributed by atoms with E-state index in [1.807, 2.05) is 0 Å². The molecule has 7 nitrogen and oxygen atoms in total. The molecule has 1 unspecified atom stereocenters. The Labute approximate surface area is 111 Å². The van der Waals surface area contributed by atoms with Crippen LogP contribution in [-0.4, -0.2) is 46.7 Å². The van der Waals surface area contributed by atoms with Gasteiger partial charge in [-0.15, -0.1) is 0 Å². The Balaban J connectivity index is 2.31. The first kappa shape index (κ1) is 14.0. The number of nitrogens with zero attached hydrogens (tertiary/aromatic N) is 3. The van der Waals surface area contributed by atoms with E-state index in [1.165, 1.54) is 21.3 Å². The molecule has 1 aromatic heterocycles. The quantitative estimate of drug-likeness (QED) is 0.859. The molecule has 106 valence electrons. The van der Waals surface area contributed by atoms with Crippen LogP contribution in [0.2, 0.25) is 0 Å². The van der Waals surface area contributed by atoms with Crippen molar-refractivity contribution in [3.8, 4) is 0 Å². The maximum Gasteiger partial charge on any atom is 0.311 e. The molecule has 0 aliphatic carbocycles. The number of aromatic nitrogens is 2. The predicted octanol–water partition coefficient (Wildman–Crippen LogP) is 0.296. The number of carbonyl (C=O) groups is 1. The van der Waals surface area contributed by atoms with E-state index in [2.05, 4.69) is 5.10 Å². The van der Waals surface area contributed by atoms with Gasteiger partial charge in [0.05, 0.1) is 11.6 Å². The number of sulfonamides is 1. The third-order valence-electron chi connectivity index (χ3n) is 3.83. The van der Waals surface area contributed by atoms with Gasteiger partial charge in [-0.1, -0.05) is 6.92 Å². The number of aliphatic carboxylic acids is 1. The highest BCUT2D eigenvalue weighted by Gasteiger charge is 2.47.